The molecular weight excluding hydrogens is 401 g/mol. The average molecular weight is 424 g/mol. The third-order valence-corrected chi connectivity index (χ3v) is 6.02. The molecule has 2 amide bonds. The summed E-state index contributed by atoms with van der Waals surface area (Å²) in [7, 11) is 0. The summed E-state index contributed by atoms with van der Waals surface area (Å²) in [5, 5.41) is 3.96. The number of carbonyl (C=O) groups is 1. The number of hydrogen-bond acceptors (Lipinski definition) is 3. The molecule has 4 nitrogen and oxygen atoms in total. The van der Waals surface area contributed by atoms with Crippen LogP contribution in [-0.4, -0.2) is 47.2 Å². The summed E-state index contributed by atoms with van der Waals surface area (Å²) in [5.74, 6) is 1.05. The topological polar surface area (TPSA) is 35.6 Å². The molecule has 0 saturated carbocycles. The lowest BCUT2D eigenvalue weighted by Crippen LogP contribution is -2.47. The summed E-state index contributed by atoms with van der Waals surface area (Å²) < 4.78 is 2.30. The van der Waals surface area contributed by atoms with Gasteiger partial charge in [0.05, 0.1) is 10.0 Å². The molecule has 1 N–H and O–H groups in total. The summed E-state index contributed by atoms with van der Waals surface area (Å²) in [4.78, 5) is 14.4. The highest BCUT2D eigenvalue weighted by Gasteiger charge is 2.21. The molecule has 1 aliphatic rings. The molecule has 27 heavy (non-hydrogen) atoms. The van der Waals surface area contributed by atoms with Gasteiger partial charge in [0, 0.05) is 43.2 Å². The molecule has 1 heterocycles. The first-order valence-electron chi connectivity index (χ1n) is 8.98. The first-order chi connectivity index (χ1) is 13.0. The van der Waals surface area contributed by atoms with Gasteiger partial charge < -0.3 is 10.2 Å². The van der Waals surface area contributed by atoms with E-state index >= 15 is 0 Å². The lowest BCUT2D eigenvalue weighted by Gasteiger charge is -2.33. The van der Waals surface area contributed by atoms with Gasteiger partial charge >= 0.3 is 6.03 Å². The van der Waals surface area contributed by atoms with E-state index in [4.69, 9.17) is 23.2 Å². The number of nitrogens with zero attached hydrogens (tertiary/aromatic N) is 2. The molecule has 0 bridgehead atoms. The normalized spacial score (nSPS) is 15.0. The van der Waals surface area contributed by atoms with Crippen molar-refractivity contribution in [3.05, 3.63) is 52.0 Å². The molecule has 3 rings (SSSR count). The van der Waals surface area contributed by atoms with E-state index in [1.54, 1.807) is 12.1 Å². The Morgan fingerprint density at radius 3 is 2.37 bits per heavy atom. The fraction of sp³-hybridized carbons (Fsp3) is 0.350. The standard InChI is InChI=1S/C20H23Cl2N3OS/c1-3-27-25-9-7-24(8-10-25)20(26)23-16-12-17(21)19(18(22)13-16)15-6-4-5-14(2)11-15/h4-6,11-13H,3,7-10H2,1-2H3,(H,23,26). The second kappa shape index (κ2) is 9.20. The molecule has 2 aromatic rings. The van der Waals surface area contributed by atoms with E-state index in [-0.39, 0.29) is 6.03 Å². The van der Waals surface area contributed by atoms with Gasteiger partial charge in [0.1, 0.15) is 0 Å². The van der Waals surface area contributed by atoms with Crippen LogP contribution in [0.1, 0.15) is 12.5 Å². The molecule has 2 aromatic carbocycles. The maximum atomic E-state index is 12.6. The molecule has 0 spiro atoms. The predicted molar refractivity (Wildman–Crippen MR) is 117 cm³/mol. The number of aryl methyl sites for hydroxylation is 1. The number of halogens is 2. The van der Waals surface area contributed by atoms with Gasteiger partial charge in [-0.2, -0.15) is 0 Å². The van der Waals surface area contributed by atoms with Crippen molar-refractivity contribution in [3.8, 4) is 11.1 Å². The van der Waals surface area contributed by atoms with E-state index in [1.165, 1.54) is 0 Å². The molecule has 0 unspecified atom stereocenters. The molecule has 0 aliphatic carbocycles. The molecule has 144 valence electrons. The summed E-state index contributed by atoms with van der Waals surface area (Å²) >= 11 is 14.8. The Kier molecular flexibility index (Phi) is 6.93. The molecule has 0 atom stereocenters. The fourth-order valence-corrected chi connectivity index (χ4v) is 4.62. The minimum Gasteiger partial charge on any atom is -0.322 e. The molecule has 1 fully saturated rings. The van der Waals surface area contributed by atoms with Gasteiger partial charge in [-0.1, -0.05) is 71.9 Å². The number of anilines is 1. The second-order valence-corrected chi connectivity index (χ2v) is 8.61. The quantitative estimate of drug-likeness (QED) is 0.632. The van der Waals surface area contributed by atoms with Crippen molar-refractivity contribution >= 4 is 46.9 Å². The van der Waals surface area contributed by atoms with Gasteiger partial charge in [0.2, 0.25) is 0 Å². The van der Waals surface area contributed by atoms with E-state index in [0.717, 1.165) is 35.5 Å². The number of amides is 2. The van der Waals surface area contributed by atoms with Crippen molar-refractivity contribution in [2.24, 2.45) is 0 Å². The van der Waals surface area contributed by atoms with Gasteiger partial charge in [0.15, 0.2) is 0 Å². The van der Waals surface area contributed by atoms with E-state index in [1.807, 2.05) is 48.0 Å². The van der Waals surface area contributed by atoms with E-state index in [0.29, 0.717) is 28.8 Å². The molecule has 0 aromatic heterocycles. The highest BCUT2D eigenvalue weighted by molar-refractivity contribution is 7.96. The van der Waals surface area contributed by atoms with Gasteiger partial charge in [-0.15, -0.1) is 0 Å². The fourth-order valence-electron chi connectivity index (χ4n) is 3.13. The largest absolute Gasteiger partial charge is 0.322 e. The van der Waals surface area contributed by atoms with Crippen molar-refractivity contribution in [2.75, 3.05) is 37.2 Å². The summed E-state index contributed by atoms with van der Waals surface area (Å²) in [6.07, 6.45) is 0. The SMILES string of the molecule is CCSN1CCN(C(=O)Nc2cc(Cl)c(-c3cccc(C)c3)c(Cl)c2)CC1. The van der Waals surface area contributed by atoms with E-state index in [9.17, 15) is 4.79 Å². The summed E-state index contributed by atoms with van der Waals surface area (Å²) in [6, 6.07) is 11.4. The van der Waals surface area contributed by atoms with Gasteiger partial charge in [-0.3, -0.25) is 0 Å². The smallest absolute Gasteiger partial charge is 0.321 e. The molecule has 1 saturated heterocycles. The van der Waals surface area contributed by atoms with Crippen LogP contribution in [-0.2, 0) is 0 Å². The number of hydrogen-bond donors (Lipinski definition) is 1. The zero-order valence-corrected chi connectivity index (χ0v) is 17.8. The summed E-state index contributed by atoms with van der Waals surface area (Å²) in [6.45, 7) is 7.33. The molecular formula is C20H23Cl2N3OS. The maximum Gasteiger partial charge on any atom is 0.321 e. The van der Waals surface area contributed by atoms with Crippen molar-refractivity contribution in [2.45, 2.75) is 13.8 Å². The zero-order valence-electron chi connectivity index (χ0n) is 15.5. The van der Waals surface area contributed by atoms with Crippen molar-refractivity contribution in [1.82, 2.24) is 9.21 Å². The molecule has 1 aliphatic heterocycles. The van der Waals surface area contributed by atoms with Crippen LogP contribution in [0.4, 0.5) is 10.5 Å². The van der Waals surface area contributed by atoms with Crippen LogP contribution in [0, 0.1) is 6.92 Å². The number of piperazine rings is 1. The average Bonchev–Trinajstić information content (AvgIpc) is 2.62. The van der Waals surface area contributed by atoms with Crippen LogP contribution < -0.4 is 5.32 Å². The minimum atomic E-state index is -0.119. The Morgan fingerprint density at radius 1 is 1.11 bits per heavy atom. The van der Waals surface area contributed by atoms with Gasteiger partial charge in [-0.05, 0) is 24.6 Å². The van der Waals surface area contributed by atoms with Crippen LogP contribution in [0.5, 0.6) is 0 Å². The summed E-state index contributed by atoms with van der Waals surface area (Å²) in [5.41, 5.74) is 3.49. The van der Waals surface area contributed by atoms with Crippen LogP contribution in [0.2, 0.25) is 10.0 Å². The number of benzene rings is 2. The van der Waals surface area contributed by atoms with Crippen LogP contribution in [0.3, 0.4) is 0 Å². The lowest BCUT2D eigenvalue weighted by molar-refractivity contribution is 0.188. The lowest BCUT2D eigenvalue weighted by atomic mass is 10.0. The Hall–Kier alpha value is -1.40. The number of nitrogens with one attached hydrogen (secondary N) is 1. The van der Waals surface area contributed by atoms with Crippen LogP contribution in [0.15, 0.2) is 36.4 Å². The Labute approximate surface area is 174 Å². The highest BCUT2D eigenvalue weighted by Crippen LogP contribution is 2.37. The highest BCUT2D eigenvalue weighted by atomic mass is 35.5. The van der Waals surface area contributed by atoms with Crippen LogP contribution >= 0.6 is 35.1 Å². The number of carbonyl (C=O) groups excluding carboxylic acids is 1. The number of urea groups is 1. The van der Waals surface area contributed by atoms with E-state index < -0.39 is 0 Å². The third-order valence-electron chi connectivity index (χ3n) is 4.44. The Bertz CT molecular complexity index is 800. The van der Waals surface area contributed by atoms with Crippen molar-refractivity contribution in [3.63, 3.8) is 0 Å². The maximum absolute atomic E-state index is 12.6. The first kappa shape index (κ1) is 20.3. The van der Waals surface area contributed by atoms with E-state index in [2.05, 4.69) is 16.5 Å². The van der Waals surface area contributed by atoms with Crippen LogP contribution in [0.25, 0.3) is 11.1 Å². The predicted octanol–water partition coefficient (Wildman–Crippen LogP) is 5.79. The Balaban J connectivity index is 1.70. The zero-order chi connectivity index (χ0) is 19.4. The van der Waals surface area contributed by atoms with Crippen molar-refractivity contribution in [1.29, 1.82) is 0 Å². The number of rotatable bonds is 4. The molecule has 7 heteroatoms. The first-order valence-corrected chi connectivity index (χ1v) is 10.7. The van der Waals surface area contributed by atoms with Gasteiger partial charge in [-0.25, -0.2) is 9.10 Å². The van der Waals surface area contributed by atoms with Crippen molar-refractivity contribution < 1.29 is 4.79 Å². The Morgan fingerprint density at radius 2 is 1.78 bits per heavy atom. The van der Waals surface area contributed by atoms with Gasteiger partial charge in [0.25, 0.3) is 0 Å². The minimum absolute atomic E-state index is 0.119. The molecule has 0 radical (unpaired) electrons. The third kappa shape index (κ3) is 5.11. The monoisotopic (exact) mass is 423 g/mol. The second-order valence-electron chi connectivity index (χ2n) is 6.45.